The van der Waals surface area contributed by atoms with Crippen molar-refractivity contribution in [3.05, 3.63) is 23.8 Å². The van der Waals surface area contributed by atoms with Gasteiger partial charge in [0.05, 0.1) is 30.2 Å². The van der Waals surface area contributed by atoms with E-state index in [1.807, 2.05) is 4.90 Å². The lowest BCUT2D eigenvalue weighted by atomic mass is 10.1. The molecule has 1 aliphatic rings. The fraction of sp³-hybridized carbons (Fsp3) is 0.364. The van der Waals surface area contributed by atoms with Gasteiger partial charge in [-0.05, 0) is 12.1 Å². The Morgan fingerprint density at radius 2 is 2.00 bits per heavy atom. The molecule has 2 rings (SSSR count). The van der Waals surface area contributed by atoms with Crippen molar-refractivity contribution in [2.24, 2.45) is 0 Å². The Balaban J connectivity index is 0.00000144. The summed E-state index contributed by atoms with van der Waals surface area (Å²) in [6.45, 7) is 2.56. The number of nitrogen functional groups attached to an aromatic ring is 1. The Labute approximate surface area is 106 Å². The molecule has 0 radical (unpaired) electrons. The molecule has 1 aromatic carbocycles. The number of hydrogen-bond donors (Lipinski definition) is 2. The SMILES string of the molecule is Cl.Nc1cccc(C(=O)O)c1N1CCOCC1. The lowest BCUT2D eigenvalue weighted by Gasteiger charge is -2.30. The molecule has 0 unspecified atom stereocenters. The fourth-order valence-electron chi connectivity index (χ4n) is 1.87. The van der Waals surface area contributed by atoms with E-state index in [-0.39, 0.29) is 18.0 Å². The number of anilines is 2. The maximum absolute atomic E-state index is 11.1. The summed E-state index contributed by atoms with van der Waals surface area (Å²) in [5, 5.41) is 9.11. The number of benzene rings is 1. The Morgan fingerprint density at radius 1 is 1.35 bits per heavy atom. The van der Waals surface area contributed by atoms with Gasteiger partial charge in [-0.3, -0.25) is 0 Å². The summed E-state index contributed by atoms with van der Waals surface area (Å²) in [6.07, 6.45) is 0. The third kappa shape index (κ3) is 2.81. The molecule has 0 saturated carbocycles. The standard InChI is InChI=1S/C11H14N2O3.ClH/c12-9-3-1-2-8(11(14)15)10(9)13-4-6-16-7-5-13;/h1-3H,4-7,12H2,(H,14,15);1H. The number of carboxylic acid groups (broad SMARTS) is 1. The van der Waals surface area contributed by atoms with Gasteiger partial charge in [0.1, 0.15) is 0 Å². The van der Waals surface area contributed by atoms with Gasteiger partial charge in [-0.1, -0.05) is 6.07 Å². The van der Waals surface area contributed by atoms with E-state index in [1.165, 1.54) is 0 Å². The summed E-state index contributed by atoms with van der Waals surface area (Å²) in [5.41, 5.74) is 7.21. The van der Waals surface area contributed by atoms with Gasteiger partial charge in [0.2, 0.25) is 0 Å². The number of nitrogens with zero attached hydrogens (tertiary/aromatic N) is 1. The van der Waals surface area contributed by atoms with E-state index in [2.05, 4.69) is 0 Å². The third-order valence-corrected chi connectivity index (χ3v) is 2.62. The van der Waals surface area contributed by atoms with Crippen LogP contribution >= 0.6 is 12.4 Å². The van der Waals surface area contributed by atoms with Crippen LogP contribution in [0.3, 0.4) is 0 Å². The molecule has 5 nitrogen and oxygen atoms in total. The first-order valence-corrected chi connectivity index (χ1v) is 5.14. The molecule has 1 aromatic rings. The lowest BCUT2D eigenvalue weighted by molar-refractivity contribution is 0.0696. The van der Waals surface area contributed by atoms with Gasteiger partial charge in [-0.2, -0.15) is 0 Å². The minimum absolute atomic E-state index is 0. The minimum Gasteiger partial charge on any atom is -0.478 e. The van der Waals surface area contributed by atoms with Crippen LogP contribution in [0.25, 0.3) is 0 Å². The summed E-state index contributed by atoms with van der Waals surface area (Å²) in [6, 6.07) is 4.95. The Hall–Kier alpha value is -1.46. The number of hydrogen-bond acceptors (Lipinski definition) is 4. The van der Waals surface area contributed by atoms with E-state index in [4.69, 9.17) is 15.6 Å². The van der Waals surface area contributed by atoms with Crippen LogP contribution in [0.5, 0.6) is 0 Å². The average Bonchev–Trinajstić information content (AvgIpc) is 2.29. The molecule has 3 N–H and O–H groups in total. The first-order valence-electron chi connectivity index (χ1n) is 5.14. The van der Waals surface area contributed by atoms with Crippen LogP contribution in [0.2, 0.25) is 0 Å². The number of ether oxygens (including phenoxy) is 1. The second kappa shape index (κ2) is 5.75. The van der Waals surface area contributed by atoms with Crippen molar-refractivity contribution < 1.29 is 14.6 Å². The molecule has 0 aliphatic carbocycles. The summed E-state index contributed by atoms with van der Waals surface area (Å²) in [4.78, 5) is 13.1. The smallest absolute Gasteiger partial charge is 0.337 e. The van der Waals surface area contributed by atoms with Crippen LogP contribution in [0.15, 0.2) is 18.2 Å². The quantitative estimate of drug-likeness (QED) is 0.781. The second-order valence-electron chi connectivity index (χ2n) is 3.65. The van der Waals surface area contributed by atoms with Gasteiger partial charge in [0, 0.05) is 13.1 Å². The van der Waals surface area contributed by atoms with Gasteiger partial charge in [0.25, 0.3) is 0 Å². The van der Waals surface area contributed by atoms with Gasteiger partial charge < -0.3 is 20.5 Å². The van der Waals surface area contributed by atoms with Crippen molar-refractivity contribution >= 4 is 29.8 Å². The topological polar surface area (TPSA) is 75.8 Å². The van der Waals surface area contributed by atoms with E-state index >= 15 is 0 Å². The molecule has 0 aromatic heterocycles. The van der Waals surface area contributed by atoms with E-state index in [1.54, 1.807) is 18.2 Å². The number of carboxylic acids is 1. The number of carbonyl (C=O) groups is 1. The fourth-order valence-corrected chi connectivity index (χ4v) is 1.87. The molecule has 0 amide bonds. The summed E-state index contributed by atoms with van der Waals surface area (Å²) in [5.74, 6) is -0.950. The lowest BCUT2D eigenvalue weighted by Crippen LogP contribution is -2.37. The highest BCUT2D eigenvalue weighted by Crippen LogP contribution is 2.28. The first kappa shape index (κ1) is 13.6. The highest BCUT2D eigenvalue weighted by atomic mass is 35.5. The van der Waals surface area contributed by atoms with Crippen molar-refractivity contribution in [3.8, 4) is 0 Å². The first-order chi connectivity index (χ1) is 7.70. The largest absolute Gasteiger partial charge is 0.478 e. The Bertz CT molecular complexity index is 406. The number of aromatic carboxylic acids is 1. The van der Waals surface area contributed by atoms with E-state index < -0.39 is 5.97 Å². The monoisotopic (exact) mass is 258 g/mol. The number of rotatable bonds is 2. The number of para-hydroxylation sites is 1. The molecule has 94 valence electrons. The molecular weight excluding hydrogens is 244 g/mol. The zero-order valence-electron chi connectivity index (χ0n) is 9.26. The Morgan fingerprint density at radius 3 is 2.59 bits per heavy atom. The molecule has 0 spiro atoms. The van der Waals surface area contributed by atoms with Crippen LogP contribution in [-0.4, -0.2) is 37.4 Å². The highest BCUT2D eigenvalue weighted by molar-refractivity contribution is 5.98. The third-order valence-electron chi connectivity index (χ3n) is 2.62. The van der Waals surface area contributed by atoms with Crippen LogP contribution in [0, 0.1) is 0 Å². The van der Waals surface area contributed by atoms with Crippen molar-refractivity contribution in [1.82, 2.24) is 0 Å². The maximum Gasteiger partial charge on any atom is 0.337 e. The van der Waals surface area contributed by atoms with E-state index in [0.29, 0.717) is 37.7 Å². The summed E-state index contributed by atoms with van der Waals surface area (Å²) < 4.78 is 5.23. The molecule has 17 heavy (non-hydrogen) atoms. The molecule has 1 aliphatic heterocycles. The van der Waals surface area contributed by atoms with Gasteiger partial charge in [0.15, 0.2) is 0 Å². The highest BCUT2D eigenvalue weighted by Gasteiger charge is 2.20. The summed E-state index contributed by atoms with van der Waals surface area (Å²) in [7, 11) is 0. The van der Waals surface area contributed by atoms with Crippen molar-refractivity contribution in [1.29, 1.82) is 0 Å². The van der Waals surface area contributed by atoms with Crippen LogP contribution < -0.4 is 10.6 Å². The average molecular weight is 259 g/mol. The number of morpholine rings is 1. The molecule has 1 saturated heterocycles. The van der Waals surface area contributed by atoms with Gasteiger partial charge in [-0.15, -0.1) is 12.4 Å². The maximum atomic E-state index is 11.1. The van der Waals surface area contributed by atoms with Crippen LogP contribution in [0.1, 0.15) is 10.4 Å². The number of halogens is 1. The normalized spacial score (nSPS) is 15.2. The minimum atomic E-state index is -0.950. The Kier molecular flexibility index (Phi) is 4.60. The second-order valence-corrected chi connectivity index (χ2v) is 3.65. The van der Waals surface area contributed by atoms with Crippen molar-refractivity contribution in [2.75, 3.05) is 36.9 Å². The molecule has 1 heterocycles. The van der Waals surface area contributed by atoms with Crippen LogP contribution in [0.4, 0.5) is 11.4 Å². The predicted octanol–water partition coefficient (Wildman–Crippen LogP) is 1.23. The zero-order valence-corrected chi connectivity index (χ0v) is 10.1. The predicted molar refractivity (Wildman–Crippen MR) is 68.1 cm³/mol. The molecule has 1 fully saturated rings. The van der Waals surface area contributed by atoms with Crippen molar-refractivity contribution in [2.45, 2.75) is 0 Å². The van der Waals surface area contributed by atoms with Crippen LogP contribution in [-0.2, 0) is 4.74 Å². The molecule has 0 bridgehead atoms. The van der Waals surface area contributed by atoms with Gasteiger partial charge in [-0.25, -0.2) is 4.79 Å². The van der Waals surface area contributed by atoms with E-state index in [9.17, 15) is 4.79 Å². The molecule has 0 atom stereocenters. The molecule has 6 heteroatoms. The van der Waals surface area contributed by atoms with E-state index in [0.717, 1.165) is 0 Å². The molecular formula is C11H15ClN2O3. The van der Waals surface area contributed by atoms with Crippen molar-refractivity contribution in [3.63, 3.8) is 0 Å². The van der Waals surface area contributed by atoms with Gasteiger partial charge >= 0.3 is 5.97 Å². The number of nitrogens with two attached hydrogens (primary N) is 1. The summed E-state index contributed by atoms with van der Waals surface area (Å²) >= 11 is 0. The zero-order chi connectivity index (χ0) is 11.5.